The number of nitrogens with one attached hydrogen (secondary N) is 1. The van der Waals surface area contributed by atoms with Gasteiger partial charge in [-0.25, -0.2) is 0 Å². The molecule has 0 aromatic carbocycles. The second kappa shape index (κ2) is 5.98. The fourth-order valence-corrected chi connectivity index (χ4v) is 3.62. The molecule has 94 valence electrons. The van der Waals surface area contributed by atoms with Gasteiger partial charge in [-0.3, -0.25) is 4.79 Å². The number of carbonyl (C=O) groups is 1. The molecule has 1 aromatic heterocycles. The maximum atomic E-state index is 12.2. The lowest BCUT2D eigenvalue weighted by molar-refractivity contribution is -0.136. The number of hydrogen-bond acceptors (Lipinski definition) is 3. The minimum absolute atomic E-state index is 0.0251. The Kier molecular flexibility index (Phi) is 4.59. The van der Waals surface area contributed by atoms with Crippen molar-refractivity contribution in [2.45, 2.75) is 32.4 Å². The first-order valence-electron chi connectivity index (χ1n) is 5.95. The SMILES string of the molecule is CCNC1CCCN(Cc2cc(Br)cs2)C1=O. The molecule has 0 saturated carbocycles. The Morgan fingerprint density at radius 3 is 3.12 bits per heavy atom. The summed E-state index contributed by atoms with van der Waals surface area (Å²) >= 11 is 5.14. The van der Waals surface area contributed by atoms with Crippen molar-refractivity contribution in [2.75, 3.05) is 13.1 Å². The van der Waals surface area contributed by atoms with E-state index in [2.05, 4.69) is 32.7 Å². The van der Waals surface area contributed by atoms with E-state index in [1.54, 1.807) is 11.3 Å². The van der Waals surface area contributed by atoms with Crippen molar-refractivity contribution in [1.29, 1.82) is 0 Å². The third kappa shape index (κ3) is 3.30. The minimum Gasteiger partial charge on any atom is -0.336 e. The smallest absolute Gasteiger partial charge is 0.240 e. The molecule has 0 radical (unpaired) electrons. The van der Waals surface area contributed by atoms with Crippen LogP contribution in [0.5, 0.6) is 0 Å². The summed E-state index contributed by atoms with van der Waals surface area (Å²) in [6, 6.07) is 2.12. The van der Waals surface area contributed by atoms with Gasteiger partial charge in [-0.05, 0) is 41.4 Å². The van der Waals surface area contributed by atoms with Crippen molar-refractivity contribution in [3.63, 3.8) is 0 Å². The molecule has 5 heteroatoms. The zero-order valence-corrected chi connectivity index (χ0v) is 12.3. The summed E-state index contributed by atoms with van der Waals surface area (Å²) in [6.07, 6.45) is 2.06. The van der Waals surface area contributed by atoms with E-state index < -0.39 is 0 Å². The standard InChI is InChI=1S/C12H17BrN2OS/c1-2-14-11-4-3-5-15(12(11)16)7-10-6-9(13)8-17-10/h6,8,11,14H,2-5,7H2,1H3. The van der Waals surface area contributed by atoms with Crippen LogP contribution in [-0.2, 0) is 11.3 Å². The van der Waals surface area contributed by atoms with E-state index >= 15 is 0 Å². The number of amides is 1. The molecule has 1 aliphatic heterocycles. The van der Waals surface area contributed by atoms with Gasteiger partial charge in [-0.15, -0.1) is 11.3 Å². The molecule has 17 heavy (non-hydrogen) atoms. The average molecular weight is 317 g/mol. The number of likely N-dealkylation sites (tertiary alicyclic amines) is 1. The number of carbonyl (C=O) groups excluding carboxylic acids is 1. The molecule has 1 atom stereocenters. The van der Waals surface area contributed by atoms with Crippen LogP contribution < -0.4 is 5.32 Å². The average Bonchev–Trinajstić information content (AvgIpc) is 2.70. The Bertz CT molecular complexity index is 392. The predicted molar refractivity (Wildman–Crippen MR) is 74.1 cm³/mol. The van der Waals surface area contributed by atoms with Crippen LogP contribution in [-0.4, -0.2) is 29.9 Å². The highest BCUT2D eigenvalue weighted by molar-refractivity contribution is 9.10. The van der Waals surface area contributed by atoms with Crippen LogP contribution in [0.4, 0.5) is 0 Å². The zero-order valence-electron chi connectivity index (χ0n) is 9.91. The first-order chi connectivity index (χ1) is 8.20. The lowest BCUT2D eigenvalue weighted by Crippen LogP contribution is -2.50. The molecule has 0 aliphatic carbocycles. The molecule has 2 heterocycles. The molecule has 1 unspecified atom stereocenters. The third-order valence-corrected chi connectivity index (χ3v) is 4.63. The Balaban J connectivity index is 1.98. The number of hydrogen-bond donors (Lipinski definition) is 1. The second-order valence-electron chi connectivity index (χ2n) is 4.24. The molecule has 1 fully saturated rings. The van der Waals surface area contributed by atoms with Crippen molar-refractivity contribution < 1.29 is 4.79 Å². The highest BCUT2D eigenvalue weighted by atomic mass is 79.9. The van der Waals surface area contributed by atoms with Crippen LogP contribution in [0.2, 0.25) is 0 Å². The maximum Gasteiger partial charge on any atom is 0.240 e. The van der Waals surface area contributed by atoms with Gasteiger partial charge in [0.05, 0.1) is 12.6 Å². The molecule has 2 rings (SSSR count). The number of likely N-dealkylation sites (N-methyl/N-ethyl adjacent to an activating group) is 1. The van der Waals surface area contributed by atoms with Gasteiger partial charge in [0.2, 0.25) is 5.91 Å². The van der Waals surface area contributed by atoms with E-state index in [0.717, 1.165) is 36.9 Å². The maximum absolute atomic E-state index is 12.2. The number of halogens is 1. The van der Waals surface area contributed by atoms with Gasteiger partial charge in [0.15, 0.2) is 0 Å². The highest BCUT2D eigenvalue weighted by Crippen LogP contribution is 2.23. The van der Waals surface area contributed by atoms with Crippen LogP contribution in [0, 0.1) is 0 Å². The summed E-state index contributed by atoms with van der Waals surface area (Å²) in [4.78, 5) is 15.4. The summed E-state index contributed by atoms with van der Waals surface area (Å²) in [5, 5.41) is 5.32. The molecule has 0 bridgehead atoms. The fourth-order valence-electron chi connectivity index (χ4n) is 2.16. The van der Waals surface area contributed by atoms with Crippen molar-refractivity contribution in [3.8, 4) is 0 Å². The van der Waals surface area contributed by atoms with E-state index in [1.165, 1.54) is 4.88 Å². The third-order valence-electron chi connectivity index (χ3n) is 2.95. The lowest BCUT2D eigenvalue weighted by Gasteiger charge is -2.32. The normalized spacial score (nSPS) is 20.9. The van der Waals surface area contributed by atoms with Gasteiger partial charge >= 0.3 is 0 Å². The van der Waals surface area contributed by atoms with Crippen LogP contribution in [0.1, 0.15) is 24.6 Å². The summed E-state index contributed by atoms with van der Waals surface area (Å²) in [6.45, 7) is 4.53. The van der Waals surface area contributed by atoms with Gasteiger partial charge in [-0.2, -0.15) is 0 Å². The Labute approximate surface area is 114 Å². The van der Waals surface area contributed by atoms with Crippen LogP contribution in [0.3, 0.4) is 0 Å². The number of thiophene rings is 1. The van der Waals surface area contributed by atoms with Crippen LogP contribution in [0.25, 0.3) is 0 Å². The molecule has 1 amide bonds. The number of nitrogens with zero attached hydrogens (tertiary/aromatic N) is 1. The topological polar surface area (TPSA) is 32.3 Å². The predicted octanol–water partition coefficient (Wildman–Crippen LogP) is 2.61. The summed E-state index contributed by atoms with van der Waals surface area (Å²) in [7, 11) is 0. The molecular weight excluding hydrogens is 300 g/mol. The Morgan fingerprint density at radius 2 is 2.47 bits per heavy atom. The summed E-state index contributed by atoms with van der Waals surface area (Å²) in [5.41, 5.74) is 0. The van der Waals surface area contributed by atoms with Gasteiger partial charge < -0.3 is 10.2 Å². The first-order valence-corrected chi connectivity index (χ1v) is 7.63. The van der Waals surface area contributed by atoms with Gasteiger partial charge in [0.1, 0.15) is 0 Å². The highest BCUT2D eigenvalue weighted by Gasteiger charge is 2.27. The van der Waals surface area contributed by atoms with E-state index in [0.29, 0.717) is 0 Å². The molecule has 1 aromatic rings. The van der Waals surface area contributed by atoms with Crippen molar-refractivity contribution in [3.05, 3.63) is 20.8 Å². The zero-order chi connectivity index (χ0) is 12.3. The van der Waals surface area contributed by atoms with Crippen molar-refractivity contribution >= 4 is 33.2 Å². The van der Waals surface area contributed by atoms with Crippen molar-refractivity contribution in [1.82, 2.24) is 10.2 Å². The monoisotopic (exact) mass is 316 g/mol. The quantitative estimate of drug-likeness (QED) is 0.926. The number of rotatable bonds is 4. The number of piperidine rings is 1. The first kappa shape index (κ1) is 13.1. The van der Waals surface area contributed by atoms with Gasteiger partial charge in [-0.1, -0.05) is 6.92 Å². The largest absolute Gasteiger partial charge is 0.336 e. The second-order valence-corrected chi connectivity index (χ2v) is 6.15. The summed E-state index contributed by atoms with van der Waals surface area (Å²) in [5.74, 6) is 0.252. The molecular formula is C12H17BrN2OS. The van der Waals surface area contributed by atoms with Crippen LogP contribution in [0.15, 0.2) is 15.9 Å². The fraction of sp³-hybridized carbons (Fsp3) is 0.583. The van der Waals surface area contributed by atoms with E-state index in [1.807, 2.05) is 11.8 Å². The Hall–Kier alpha value is -0.390. The molecule has 1 saturated heterocycles. The van der Waals surface area contributed by atoms with Crippen LogP contribution >= 0.6 is 27.3 Å². The molecule has 3 nitrogen and oxygen atoms in total. The molecule has 0 spiro atoms. The van der Waals surface area contributed by atoms with Crippen molar-refractivity contribution in [2.24, 2.45) is 0 Å². The minimum atomic E-state index is 0.0251. The van der Waals surface area contributed by atoms with E-state index in [4.69, 9.17) is 0 Å². The molecule has 1 N–H and O–H groups in total. The summed E-state index contributed by atoms with van der Waals surface area (Å²) < 4.78 is 1.10. The van der Waals surface area contributed by atoms with E-state index in [9.17, 15) is 4.79 Å². The molecule has 1 aliphatic rings. The van der Waals surface area contributed by atoms with E-state index in [-0.39, 0.29) is 11.9 Å². The van der Waals surface area contributed by atoms with Gasteiger partial charge in [0, 0.05) is 21.3 Å². The van der Waals surface area contributed by atoms with Gasteiger partial charge in [0.25, 0.3) is 0 Å². The lowest BCUT2D eigenvalue weighted by atomic mass is 10.0. The Morgan fingerprint density at radius 1 is 1.65 bits per heavy atom.